The molecule has 4 nitrogen and oxygen atoms in total. The summed E-state index contributed by atoms with van der Waals surface area (Å²) in [7, 11) is 0. The van der Waals surface area contributed by atoms with Gasteiger partial charge in [-0.2, -0.15) is 0 Å². The standard InChI is InChI=1S/C16H29N3OS/c1-7-9-18-13(20)8-10-17-11(2)14-12(3)19-15(21-14)16(4,5)6/h11,17H,7-10H2,1-6H3,(H,18,20). The molecule has 2 N–H and O–H groups in total. The Morgan fingerprint density at radius 3 is 2.52 bits per heavy atom. The molecule has 1 amide bonds. The molecule has 21 heavy (non-hydrogen) atoms. The minimum Gasteiger partial charge on any atom is -0.356 e. The van der Waals surface area contributed by atoms with Crippen LogP contribution in [0.3, 0.4) is 0 Å². The highest BCUT2D eigenvalue weighted by Gasteiger charge is 2.22. The van der Waals surface area contributed by atoms with Crippen LogP contribution in [-0.4, -0.2) is 24.0 Å². The molecule has 120 valence electrons. The van der Waals surface area contributed by atoms with Gasteiger partial charge in [-0.1, -0.05) is 27.7 Å². The van der Waals surface area contributed by atoms with E-state index in [1.807, 2.05) is 0 Å². The average molecular weight is 311 g/mol. The van der Waals surface area contributed by atoms with Crippen molar-refractivity contribution in [2.75, 3.05) is 13.1 Å². The van der Waals surface area contributed by atoms with Gasteiger partial charge in [0.2, 0.25) is 5.91 Å². The van der Waals surface area contributed by atoms with Crippen LogP contribution >= 0.6 is 11.3 Å². The van der Waals surface area contributed by atoms with Gasteiger partial charge in [-0.25, -0.2) is 4.98 Å². The average Bonchev–Trinajstić information content (AvgIpc) is 2.78. The van der Waals surface area contributed by atoms with E-state index in [1.165, 1.54) is 9.88 Å². The van der Waals surface area contributed by atoms with Gasteiger partial charge in [0.25, 0.3) is 0 Å². The number of carbonyl (C=O) groups is 1. The van der Waals surface area contributed by atoms with Crippen molar-refractivity contribution in [2.45, 2.75) is 65.8 Å². The number of aryl methyl sites for hydroxylation is 1. The highest BCUT2D eigenvalue weighted by Crippen LogP contribution is 2.32. The van der Waals surface area contributed by atoms with Gasteiger partial charge in [0, 0.05) is 35.8 Å². The second kappa shape index (κ2) is 7.90. The summed E-state index contributed by atoms with van der Waals surface area (Å²) in [5.74, 6) is 0.118. The fourth-order valence-electron chi connectivity index (χ4n) is 1.98. The summed E-state index contributed by atoms with van der Waals surface area (Å²) >= 11 is 1.77. The fraction of sp³-hybridized carbons (Fsp3) is 0.750. The number of nitrogens with one attached hydrogen (secondary N) is 2. The SMILES string of the molecule is CCCNC(=O)CCNC(C)c1sc(C(C)(C)C)nc1C. The minimum atomic E-state index is 0.0907. The van der Waals surface area contributed by atoms with E-state index in [1.54, 1.807) is 11.3 Å². The largest absolute Gasteiger partial charge is 0.356 e. The van der Waals surface area contributed by atoms with Crippen LogP contribution in [0.5, 0.6) is 0 Å². The molecule has 0 spiro atoms. The van der Waals surface area contributed by atoms with Crippen LogP contribution in [0.25, 0.3) is 0 Å². The van der Waals surface area contributed by atoms with Crippen molar-refractivity contribution in [3.05, 3.63) is 15.6 Å². The monoisotopic (exact) mass is 311 g/mol. The lowest BCUT2D eigenvalue weighted by Crippen LogP contribution is -2.29. The smallest absolute Gasteiger partial charge is 0.221 e. The highest BCUT2D eigenvalue weighted by molar-refractivity contribution is 7.12. The van der Waals surface area contributed by atoms with Gasteiger partial charge < -0.3 is 10.6 Å². The summed E-state index contributed by atoms with van der Waals surface area (Å²) in [5.41, 5.74) is 1.19. The summed E-state index contributed by atoms with van der Waals surface area (Å²) < 4.78 is 0. The summed E-state index contributed by atoms with van der Waals surface area (Å²) in [5, 5.41) is 7.48. The maximum atomic E-state index is 11.6. The Kier molecular flexibility index (Phi) is 6.81. The zero-order valence-corrected chi connectivity index (χ0v) is 15.0. The maximum absolute atomic E-state index is 11.6. The van der Waals surface area contributed by atoms with Crippen molar-refractivity contribution in [1.29, 1.82) is 0 Å². The number of nitrogens with zero attached hydrogens (tertiary/aromatic N) is 1. The predicted octanol–water partition coefficient (Wildman–Crippen LogP) is 3.32. The van der Waals surface area contributed by atoms with E-state index in [-0.39, 0.29) is 17.4 Å². The molecule has 0 radical (unpaired) electrons. The Bertz CT molecular complexity index is 463. The lowest BCUT2D eigenvalue weighted by Gasteiger charge is -2.14. The van der Waals surface area contributed by atoms with Crippen molar-refractivity contribution >= 4 is 17.2 Å². The molecule has 0 saturated carbocycles. The highest BCUT2D eigenvalue weighted by atomic mass is 32.1. The quantitative estimate of drug-likeness (QED) is 0.812. The van der Waals surface area contributed by atoms with E-state index in [0.717, 1.165) is 18.7 Å². The molecule has 0 saturated heterocycles. The number of aromatic nitrogens is 1. The number of hydrogen-bond donors (Lipinski definition) is 2. The fourth-order valence-corrected chi connectivity index (χ4v) is 3.13. The van der Waals surface area contributed by atoms with Crippen molar-refractivity contribution in [1.82, 2.24) is 15.6 Å². The zero-order chi connectivity index (χ0) is 16.0. The Morgan fingerprint density at radius 2 is 2.00 bits per heavy atom. The van der Waals surface area contributed by atoms with Crippen LogP contribution in [0.2, 0.25) is 0 Å². The predicted molar refractivity (Wildman–Crippen MR) is 89.9 cm³/mol. The van der Waals surface area contributed by atoms with E-state index in [4.69, 9.17) is 0 Å². The second-order valence-corrected chi connectivity index (χ2v) is 7.53. The van der Waals surface area contributed by atoms with E-state index in [0.29, 0.717) is 13.0 Å². The van der Waals surface area contributed by atoms with Gasteiger partial charge in [0.1, 0.15) is 0 Å². The Labute approximate surface area is 132 Å². The molecule has 0 aromatic carbocycles. The molecular weight excluding hydrogens is 282 g/mol. The first kappa shape index (κ1) is 18.1. The number of hydrogen-bond acceptors (Lipinski definition) is 4. The van der Waals surface area contributed by atoms with Gasteiger partial charge >= 0.3 is 0 Å². The second-order valence-electron chi connectivity index (χ2n) is 6.49. The van der Waals surface area contributed by atoms with Crippen molar-refractivity contribution in [3.63, 3.8) is 0 Å². The molecule has 1 aromatic heterocycles. The maximum Gasteiger partial charge on any atom is 0.221 e. The molecular formula is C16H29N3OS. The number of rotatable bonds is 7. The van der Waals surface area contributed by atoms with Crippen LogP contribution < -0.4 is 10.6 Å². The van der Waals surface area contributed by atoms with Gasteiger partial charge in [0.05, 0.1) is 10.7 Å². The van der Waals surface area contributed by atoms with Crippen molar-refractivity contribution in [2.24, 2.45) is 0 Å². The molecule has 0 fully saturated rings. The van der Waals surface area contributed by atoms with E-state index < -0.39 is 0 Å². The molecule has 5 heteroatoms. The molecule has 0 aliphatic carbocycles. The van der Waals surface area contributed by atoms with Crippen LogP contribution in [-0.2, 0) is 10.2 Å². The molecule has 1 aromatic rings. The van der Waals surface area contributed by atoms with Crippen LogP contribution in [0.15, 0.2) is 0 Å². The lowest BCUT2D eigenvalue weighted by atomic mass is 9.98. The van der Waals surface area contributed by atoms with Gasteiger partial charge in [-0.05, 0) is 20.3 Å². The molecule has 1 rings (SSSR count). The summed E-state index contributed by atoms with van der Waals surface area (Å²) in [6.07, 6.45) is 1.50. The lowest BCUT2D eigenvalue weighted by molar-refractivity contribution is -0.121. The molecule has 1 heterocycles. The Balaban J connectivity index is 2.51. The van der Waals surface area contributed by atoms with Gasteiger partial charge in [-0.15, -0.1) is 11.3 Å². The third kappa shape index (κ3) is 5.75. The minimum absolute atomic E-state index is 0.0907. The first-order valence-corrected chi connectivity index (χ1v) is 8.55. The number of carbonyl (C=O) groups excluding carboxylic acids is 1. The molecule has 1 atom stereocenters. The van der Waals surface area contributed by atoms with Crippen LogP contribution in [0.1, 0.15) is 69.1 Å². The molecule has 0 bridgehead atoms. The van der Waals surface area contributed by atoms with Crippen molar-refractivity contribution in [3.8, 4) is 0 Å². The number of amides is 1. The van der Waals surface area contributed by atoms with E-state index in [2.05, 4.69) is 57.2 Å². The van der Waals surface area contributed by atoms with Crippen LogP contribution in [0.4, 0.5) is 0 Å². The van der Waals surface area contributed by atoms with Gasteiger partial charge in [0.15, 0.2) is 0 Å². The summed E-state index contributed by atoms with van der Waals surface area (Å²) in [6, 6.07) is 0.234. The van der Waals surface area contributed by atoms with Gasteiger partial charge in [-0.3, -0.25) is 4.79 Å². The van der Waals surface area contributed by atoms with Crippen LogP contribution in [0, 0.1) is 6.92 Å². The summed E-state index contributed by atoms with van der Waals surface area (Å²) in [6.45, 7) is 14.3. The third-order valence-corrected chi connectivity index (χ3v) is 5.01. The molecule has 1 unspecified atom stereocenters. The zero-order valence-electron chi connectivity index (χ0n) is 14.2. The number of thiazole rings is 1. The summed E-state index contributed by atoms with van der Waals surface area (Å²) in [4.78, 5) is 17.5. The molecule has 0 aliphatic heterocycles. The Morgan fingerprint density at radius 1 is 1.33 bits per heavy atom. The normalized spacial score (nSPS) is 13.2. The first-order chi connectivity index (χ1) is 9.75. The topological polar surface area (TPSA) is 54.0 Å². The van der Waals surface area contributed by atoms with E-state index in [9.17, 15) is 4.79 Å². The van der Waals surface area contributed by atoms with Crippen molar-refractivity contribution < 1.29 is 4.79 Å². The Hall–Kier alpha value is -0.940. The third-order valence-electron chi connectivity index (χ3n) is 3.24. The first-order valence-electron chi connectivity index (χ1n) is 7.73. The molecule has 0 aliphatic rings. The van der Waals surface area contributed by atoms with E-state index >= 15 is 0 Å².